The van der Waals surface area contributed by atoms with Gasteiger partial charge in [0, 0.05) is 10.5 Å². The fraction of sp³-hybridized carbons (Fsp3) is 0.889. The molecule has 0 aromatic heterocycles. The maximum atomic E-state index is 5.39. The van der Waals surface area contributed by atoms with Gasteiger partial charge in [-0.1, -0.05) is 39.5 Å². The van der Waals surface area contributed by atoms with Crippen LogP contribution >= 0.6 is 35.7 Å². The van der Waals surface area contributed by atoms with Gasteiger partial charge in [-0.15, -0.1) is 0 Å². The second-order valence-corrected chi connectivity index (χ2v) is 7.33. The molecule has 1 nitrogen and oxygen atoms in total. The highest BCUT2D eigenvalue weighted by molar-refractivity contribution is 8.23. The Balaban J connectivity index is 3.41. The van der Waals surface area contributed by atoms with Gasteiger partial charge in [-0.25, -0.2) is 0 Å². The van der Waals surface area contributed by atoms with E-state index < -0.39 is 0 Å². The monoisotopic (exact) mass is 238 g/mol. The average molecular weight is 238 g/mol. The number of rotatable bonds is 4. The second kappa shape index (κ2) is 6.96. The van der Waals surface area contributed by atoms with E-state index in [0.29, 0.717) is 4.38 Å². The lowest BCUT2D eigenvalue weighted by atomic mass is 10.3. The molecule has 0 bridgehead atoms. The zero-order valence-electron chi connectivity index (χ0n) is 8.75. The van der Waals surface area contributed by atoms with Crippen molar-refractivity contribution in [2.45, 2.75) is 32.4 Å². The zero-order valence-corrected chi connectivity index (χ0v) is 11.2. The third-order valence-corrected chi connectivity index (χ3v) is 3.17. The van der Waals surface area contributed by atoms with Crippen molar-refractivity contribution in [2.75, 3.05) is 18.1 Å². The van der Waals surface area contributed by atoms with Gasteiger partial charge in [0.25, 0.3) is 0 Å². The molecule has 78 valence electrons. The summed E-state index contributed by atoms with van der Waals surface area (Å²) < 4.78 is 6.23. The quantitative estimate of drug-likeness (QED) is 0.546. The molecule has 0 fully saturated rings. The SMILES string of the molecule is CCSCCOC(=S)SC(C)(C)C. The summed E-state index contributed by atoms with van der Waals surface area (Å²) >= 11 is 8.57. The van der Waals surface area contributed by atoms with Crippen molar-refractivity contribution in [2.24, 2.45) is 0 Å². The maximum Gasteiger partial charge on any atom is 0.220 e. The van der Waals surface area contributed by atoms with Crippen LogP contribution in [0.1, 0.15) is 27.7 Å². The molecule has 0 radical (unpaired) electrons. The van der Waals surface area contributed by atoms with E-state index in [4.69, 9.17) is 17.0 Å². The highest BCUT2D eigenvalue weighted by atomic mass is 32.2. The van der Waals surface area contributed by atoms with Crippen LogP contribution in [0.5, 0.6) is 0 Å². The van der Waals surface area contributed by atoms with E-state index in [1.54, 1.807) is 11.8 Å². The Morgan fingerprint density at radius 1 is 1.38 bits per heavy atom. The molecule has 0 atom stereocenters. The van der Waals surface area contributed by atoms with Crippen LogP contribution in [0.25, 0.3) is 0 Å². The molecule has 0 spiro atoms. The van der Waals surface area contributed by atoms with Gasteiger partial charge >= 0.3 is 0 Å². The van der Waals surface area contributed by atoms with Crippen LogP contribution in [-0.4, -0.2) is 27.2 Å². The predicted octanol–water partition coefficient (Wildman–Crippen LogP) is 3.57. The first-order valence-electron chi connectivity index (χ1n) is 4.39. The molecule has 0 saturated carbocycles. The molecule has 0 aromatic rings. The van der Waals surface area contributed by atoms with Gasteiger partial charge in [-0.05, 0) is 18.0 Å². The van der Waals surface area contributed by atoms with Crippen molar-refractivity contribution in [1.29, 1.82) is 0 Å². The summed E-state index contributed by atoms with van der Waals surface area (Å²) in [6, 6.07) is 0. The largest absolute Gasteiger partial charge is 0.478 e. The summed E-state index contributed by atoms with van der Waals surface area (Å²) in [5.74, 6) is 2.17. The maximum absolute atomic E-state index is 5.39. The molecule has 0 aliphatic heterocycles. The molecule has 0 rings (SSSR count). The highest BCUT2D eigenvalue weighted by Gasteiger charge is 2.14. The molecule has 13 heavy (non-hydrogen) atoms. The Morgan fingerprint density at radius 3 is 2.46 bits per heavy atom. The molecule has 0 amide bonds. The van der Waals surface area contributed by atoms with Crippen molar-refractivity contribution in [3.05, 3.63) is 0 Å². The number of thiocarbonyl (C=S) groups is 1. The Labute approximate surface area is 95.4 Å². The van der Waals surface area contributed by atoms with Gasteiger partial charge in [0.1, 0.15) is 0 Å². The number of hydrogen-bond donors (Lipinski definition) is 0. The van der Waals surface area contributed by atoms with Crippen molar-refractivity contribution < 1.29 is 4.74 Å². The van der Waals surface area contributed by atoms with Crippen LogP contribution < -0.4 is 0 Å². The van der Waals surface area contributed by atoms with E-state index in [-0.39, 0.29) is 4.75 Å². The van der Waals surface area contributed by atoms with Gasteiger partial charge in [0.15, 0.2) is 0 Å². The van der Waals surface area contributed by atoms with Crippen LogP contribution in [0, 0.1) is 0 Å². The molecule has 0 N–H and O–H groups in total. The number of hydrogen-bond acceptors (Lipinski definition) is 4. The minimum absolute atomic E-state index is 0.162. The van der Waals surface area contributed by atoms with Gasteiger partial charge < -0.3 is 4.74 Å². The fourth-order valence-electron chi connectivity index (χ4n) is 0.608. The molecular formula is C9H18OS3. The van der Waals surface area contributed by atoms with E-state index in [9.17, 15) is 0 Å². The number of ether oxygens (including phenoxy) is 1. The first-order chi connectivity index (χ1) is 5.95. The smallest absolute Gasteiger partial charge is 0.220 e. The second-order valence-electron chi connectivity index (χ2n) is 3.51. The standard InChI is InChI=1S/C9H18OS3/c1-5-12-7-6-10-8(11)13-9(2,3)4/h5-7H2,1-4H3. The molecular weight excluding hydrogens is 220 g/mol. The lowest BCUT2D eigenvalue weighted by Crippen LogP contribution is -2.13. The van der Waals surface area contributed by atoms with E-state index in [1.807, 2.05) is 11.8 Å². The van der Waals surface area contributed by atoms with Crippen LogP contribution in [0.2, 0.25) is 0 Å². The van der Waals surface area contributed by atoms with Crippen molar-refractivity contribution >= 4 is 40.1 Å². The topological polar surface area (TPSA) is 9.23 Å². The normalized spacial score (nSPS) is 11.4. The van der Waals surface area contributed by atoms with Crippen LogP contribution in [0.15, 0.2) is 0 Å². The van der Waals surface area contributed by atoms with E-state index in [0.717, 1.165) is 18.1 Å². The Bertz CT molecular complexity index is 151. The third kappa shape index (κ3) is 10.5. The average Bonchev–Trinajstić information content (AvgIpc) is 1.94. The molecule has 0 heterocycles. The molecule has 0 saturated heterocycles. The molecule has 0 aliphatic carbocycles. The van der Waals surface area contributed by atoms with Crippen LogP contribution in [0.3, 0.4) is 0 Å². The molecule has 0 aromatic carbocycles. The summed E-state index contributed by atoms with van der Waals surface area (Å²) in [6.07, 6.45) is 0. The Kier molecular flexibility index (Phi) is 7.27. The van der Waals surface area contributed by atoms with Crippen molar-refractivity contribution in [3.8, 4) is 0 Å². The van der Waals surface area contributed by atoms with Crippen molar-refractivity contribution in [1.82, 2.24) is 0 Å². The van der Waals surface area contributed by atoms with Gasteiger partial charge in [-0.3, -0.25) is 0 Å². The summed E-state index contributed by atoms with van der Waals surface area (Å²) in [5, 5.41) is 0. The van der Waals surface area contributed by atoms with E-state index in [1.165, 1.54) is 0 Å². The summed E-state index contributed by atoms with van der Waals surface area (Å²) in [5.41, 5.74) is 0. The molecule has 4 heteroatoms. The lowest BCUT2D eigenvalue weighted by molar-refractivity contribution is 0.350. The fourth-order valence-corrected chi connectivity index (χ4v) is 2.57. The first kappa shape index (κ1) is 13.6. The lowest BCUT2D eigenvalue weighted by Gasteiger charge is -2.17. The predicted molar refractivity (Wildman–Crippen MR) is 68.9 cm³/mol. The van der Waals surface area contributed by atoms with Gasteiger partial charge in [0.05, 0.1) is 6.61 Å². The van der Waals surface area contributed by atoms with Gasteiger partial charge in [0.2, 0.25) is 4.38 Å². The Hall–Kier alpha value is 0.590. The summed E-state index contributed by atoms with van der Waals surface area (Å²) in [4.78, 5) is 0. The molecule has 0 aliphatic rings. The van der Waals surface area contributed by atoms with Crippen molar-refractivity contribution in [3.63, 3.8) is 0 Å². The number of thioether (sulfide) groups is 2. The van der Waals surface area contributed by atoms with E-state index in [2.05, 4.69) is 27.7 Å². The van der Waals surface area contributed by atoms with Crippen LogP contribution in [-0.2, 0) is 4.74 Å². The minimum atomic E-state index is 0.162. The third-order valence-electron chi connectivity index (χ3n) is 1.04. The minimum Gasteiger partial charge on any atom is -0.478 e. The zero-order chi connectivity index (χ0) is 10.3. The Morgan fingerprint density at radius 2 is 2.00 bits per heavy atom. The summed E-state index contributed by atoms with van der Waals surface area (Å²) in [7, 11) is 0. The van der Waals surface area contributed by atoms with E-state index >= 15 is 0 Å². The van der Waals surface area contributed by atoms with Crippen LogP contribution in [0.4, 0.5) is 0 Å². The molecule has 0 unspecified atom stereocenters. The summed E-state index contributed by atoms with van der Waals surface area (Å²) in [6.45, 7) is 9.28. The van der Waals surface area contributed by atoms with Gasteiger partial charge in [-0.2, -0.15) is 11.8 Å². The first-order valence-corrected chi connectivity index (χ1v) is 6.77. The highest BCUT2D eigenvalue weighted by Crippen LogP contribution is 2.25.